The summed E-state index contributed by atoms with van der Waals surface area (Å²) in [6.07, 6.45) is 2.81. The summed E-state index contributed by atoms with van der Waals surface area (Å²) in [6.45, 7) is 1.95. The van der Waals surface area contributed by atoms with Crippen molar-refractivity contribution in [3.8, 4) is 0 Å². The number of carbonyl (C=O) groups excluding carboxylic acids is 1. The van der Waals surface area contributed by atoms with Crippen LogP contribution in [-0.2, 0) is 0 Å². The predicted octanol–water partition coefficient (Wildman–Crippen LogP) is 2.27. The Kier molecular flexibility index (Phi) is 4.50. The fourth-order valence-corrected chi connectivity index (χ4v) is 1.97. The summed E-state index contributed by atoms with van der Waals surface area (Å²) in [5.41, 5.74) is 0.735. The third-order valence-electron chi connectivity index (χ3n) is 2.89. The normalized spacial score (nSPS) is 15.0. The number of carbonyl (C=O) groups is 1. The van der Waals surface area contributed by atoms with Crippen LogP contribution in [0, 0.1) is 11.6 Å². The standard InChI is InChI=1S/C13H13ClF2N2O/c14-10-6-11(15)9(5-12(10)16)13(19)18-7-8-1-3-17-4-2-8/h1,5-6,17H,2-4,7H2,(H,18,19). The van der Waals surface area contributed by atoms with Gasteiger partial charge in [0.25, 0.3) is 5.91 Å². The summed E-state index contributed by atoms with van der Waals surface area (Å²) in [5.74, 6) is -2.29. The topological polar surface area (TPSA) is 41.1 Å². The van der Waals surface area contributed by atoms with Crippen LogP contribution < -0.4 is 10.6 Å². The fraction of sp³-hybridized carbons (Fsp3) is 0.308. The van der Waals surface area contributed by atoms with Gasteiger partial charge in [-0.1, -0.05) is 23.3 Å². The number of hydrogen-bond acceptors (Lipinski definition) is 2. The molecule has 1 aliphatic heterocycles. The predicted molar refractivity (Wildman–Crippen MR) is 69.3 cm³/mol. The van der Waals surface area contributed by atoms with Crippen molar-refractivity contribution >= 4 is 17.5 Å². The number of halogens is 3. The van der Waals surface area contributed by atoms with Gasteiger partial charge in [0.05, 0.1) is 10.6 Å². The van der Waals surface area contributed by atoms with E-state index in [4.69, 9.17) is 11.6 Å². The van der Waals surface area contributed by atoms with Crippen LogP contribution in [0.4, 0.5) is 8.78 Å². The minimum atomic E-state index is -0.830. The average molecular weight is 287 g/mol. The molecule has 3 nitrogen and oxygen atoms in total. The molecule has 6 heteroatoms. The lowest BCUT2D eigenvalue weighted by Gasteiger charge is -2.14. The molecule has 0 aliphatic carbocycles. The van der Waals surface area contributed by atoms with E-state index in [2.05, 4.69) is 10.6 Å². The molecule has 0 fully saturated rings. The van der Waals surface area contributed by atoms with Crippen molar-refractivity contribution in [1.82, 2.24) is 10.6 Å². The first-order valence-electron chi connectivity index (χ1n) is 5.89. The molecule has 1 aromatic carbocycles. The molecule has 2 rings (SSSR count). The fourth-order valence-electron chi connectivity index (χ4n) is 1.82. The number of amides is 1. The number of nitrogens with one attached hydrogen (secondary N) is 2. The lowest BCUT2D eigenvalue weighted by molar-refractivity contribution is 0.0952. The highest BCUT2D eigenvalue weighted by atomic mass is 35.5. The molecular formula is C13H13ClF2N2O. The monoisotopic (exact) mass is 286 g/mol. The molecule has 0 unspecified atom stereocenters. The Hall–Kier alpha value is -1.46. The third-order valence-corrected chi connectivity index (χ3v) is 3.18. The van der Waals surface area contributed by atoms with Gasteiger partial charge in [0.15, 0.2) is 0 Å². The smallest absolute Gasteiger partial charge is 0.254 e. The van der Waals surface area contributed by atoms with Crippen LogP contribution in [0.5, 0.6) is 0 Å². The molecule has 2 N–H and O–H groups in total. The van der Waals surface area contributed by atoms with Gasteiger partial charge >= 0.3 is 0 Å². The molecule has 0 aromatic heterocycles. The van der Waals surface area contributed by atoms with E-state index in [1.165, 1.54) is 0 Å². The molecule has 1 aromatic rings. The van der Waals surface area contributed by atoms with E-state index in [1.54, 1.807) is 0 Å². The molecular weight excluding hydrogens is 274 g/mol. The van der Waals surface area contributed by atoms with E-state index in [1.807, 2.05) is 6.08 Å². The van der Waals surface area contributed by atoms with Crippen molar-refractivity contribution in [2.45, 2.75) is 6.42 Å². The number of rotatable bonds is 3. The van der Waals surface area contributed by atoms with Crippen molar-refractivity contribution in [1.29, 1.82) is 0 Å². The molecule has 1 amide bonds. The summed E-state index contributed by atoms with van der Waals surface area (Å²) in [5, 5.41) is 5.38. The first-order chi connectivity index (χ1) is 9.08. The van der Waals surface area contributed by atoms with Crippen LogP contribution in [0.3, 0.4) is 0 Å². The molecule has 0 saturated carbocycles. The van der Waals surface area contributed by atoms with Gasteiger partial charge in [-0.2, -0.15) is 0 Å². The van der Waals surface area contributed by atoms with Crippen LogP contribution in [-0.4, -0.2) is 25.5 Å². The Morgan fingerprint density at radius 3 is 2.84 bits per heavy atom. The summed E-state index contributed by atoms with van der Waals surface area (Å²) in [7, 11) is 0. The molecule has 0 bridgehead atoms. The van der Waals surface area contributed by atoms with E-state index < -0.39 is 17.5 Å². The van der Waals surface area contributed by atoms with E-state index in [0.717, 1.165) is 37.2 Å². The molecule has 0 spiro atoms. The second-order valence-electron chi connectivity index (χ2n) is 4.25. The van der Waals surface area contributed by atoms with E-state index >= 15 is 0 Å². The van der Waals surface area contributed by atoms with Crippen LogP contribution in [0.15, 0.2) is 23.8 Å². The first-order valence-corrected chi connectivity index (χ1v) is 6.27. The highest BCUT2D eigenvalue weighted by Crippen LogP contribution is 2.19. The average Bonchev–Trinajstić information content (AvgIpc) is 2.41. The van der Waals surface area contributed by atoms with Crippen molar-refractivity contribution in [3.05, 3.63) is 46.0 Å². The zero-order valence-corrected chi connectivity index (χ0v) is 10.9. The van der Waals surface area contributed by atoms with Gasteiger partial charge < -0.3 is 10.6 Å². The quantitative estimate of drug-likeness (QED) is 0.661. The zero-order valence-electron chi connectivity index (χ0n) is 10.1. The Morgan fingerprint density at radius 1 is 1.37 bits per heavy atom. The van der Waals surface area contributed by atoms with Gasteiger partial charge in [0.2, 0.25) is 0 Å². The zero-order chi connectivity index (χ0) is 13.8. The molecule has 0 radical (unpaired) electrons. The maximum atomic E-state index is 13.5. The van der Waals surface area contributed by atoms with Crippen molar-refractivity contribution in [2.24, 2.45) is 0 Å². The van der Waals surface area contributed by atoms with Crippen LogP contribution in [0.2, 0.25) is 5.02 Å². The SMILES string of the molecule is O=C(NCC1=CCNCC1)c1cc(F)c(Cl)cc1F. The molecule has 19 heavy (non-hydrogen) atoms. The minimum Gasteiger partial charge on any atom is -0.348 e. The maximum absolute atomic E-state index is 13.5. The Balaban J connectivity index is 2.03. The van der Waals surface area contributed by atoms with Crippen LogP contribution >= 0.6 is 11.6 Å². The Labute approximate surface area is 114 Å². The molecule has 102 valence electrons. The third kappa shape index (κ3) is 3.52. The van der Waals surface area contributed by atoms with Gasteiger partial charge in [-0.3, -0.25) is 4.79 Å². The highest BCUT2D eigenvalue weighted by Gasteiger charge is 2.15. The van der Waals surface area contributed by atoms with E-state index in [9.17, 15) is 13.6 Å². The highest BCUT2D eigenvalue weighted by molar-refractivity contribution is 6.30. The summed E-state index contributed by atoms with van der Waals surface area (Å²) < 4.78 is 26.7. The second-order valence-corrected chi connectivity index (χ2v) is 4.65. The van der Waals surface area contributed by atoms with Crippen LogP contribution in [0.25, 0.3) is 0 Å². The molecule has 0 atom stereocenters. The lowest BCUT2D eigenvalue weighted by Crippen LogP contribution is -2.30. The second kappa shape index (κ2) is 6.12. The molecule has 1 aliphatic rings. The van der Waals surface area contributed by atoms with Crippen LogP contribution in [0.1, 0.15) is 16.8 Å². The Bertz CT molecular complexity index is 532. The maximum Gasteiger partial charge on any atom is 0.254 e. The Morgan fingerprint density at radius 2 is 2.16 bits per heavy atom. The summed E-state index contributed by atoms with van der Waals surface area (Å²) >= 11 is 5.43. The largest absolute Gasteiger partial charge is 0.348 e. The van der Waals surface area contributed by atoms with E-state index in [-0.39, 0.29) is 10.6 Å². The summed E-state index contributed by atoms with van der Waals surface area (Å²) in [6, 6.07) is 1.61. The number of benzene rings is 1. The summed E-state index contributed by atoms with van der Waals surface area (Å²) in [4.78, 5) is 11.8. The van der Waals surface area contributed by atoms with Gasteiger partial charge in [0, 0.05) is 13.1 Å². The van der Waals surface area contributed by atoms with Gasteiger partial charge in [-0.15, -0.1) is 0 Å². The molecule has 1 heterocycles. The van der Waals surface area contributed by atoms with Crippen molar-refractivity contribution in [3.63, 3.8) is 0 Å². The minimum absolute atomic E-state index is 0.337. The van der Waals surface area contributed by atoms with Gasteiger partial charge in [-0.25, -0.2) is 8.78 Å². The number of hydrogen-bond donors (Lipinski definition) is 2. The lowest BCUT2D eigenvalue weighted by atomic mass is 10.1. The van der Waals surface area contributed by atoms with Crippen molar-refractivity contribution < 1.29 is 13.6 Å². The van der Waals surface area contributed by atoms with E-state index in [0.29, 0.717) is 6.54 Å². The van der Waals surface area contributed by atoms with Crippen molar-refractivity contribution in [2.75, 3.05) is 19.6 Å². The van der Waals surface area contributed by atoms with Gasteiger partial charge in [-0.05, 0) is 25.1 Å². The first kappa shape index (κ1) is 14.0. The molecule has 0 saturated heterocycles. The van der Waals surface area contributed by atoms with Gasteiger partial charge in [0.1, 0.15) is 11.6 Å².